The molecule has 1 aromatic heterocycles. The molecule has 2 aliphatic heterocycles. The lowest BCUT2D eigenvalue weighted by Gasteiger charge is -2.37. The number of carbonyl (C=O) groups is 1. The van der Waals surface area contributed by atoms with E-state index in [1.165, 1.54) is 16.8 Å². The third kappa shape index (κ3) is 5.34. The van der Waals surface area contributed by atoms with E-state index in [1.54, 1.807) is 37.7 Å². The Balaban J connectivity index is 1.15. The number of carbonyl (C=O) groups excluding carboxylic acids is 1. The highest BCUT2D eigenvalue weighted by molar-refractivity contribution is 5.94. The Bertz CT molecular complexity index is 1160. The van der Waals surface area contributed by atoms with Gasteiger partial charge in [0.1, 0.15) is 5.75 Å². The van der Waals surface area contributed by atoms with Gasteiger partial charge in [-0.25, -0.2) is 15.0 Å². The SMILES string of the molecule is COCCN1c2cccc(C)c2CN1CC1CCN(C(=O)c2ccc(Oc3ncccn3)cc2)CC1. The maximum atomic E-state index is 13.1. The number of fused-ring (bicyclic) bond motifs is 1. The van der Waals surface area contributed by atoms with Gasteiger partial charge >= 0.3 is 6.01 Å². The Morgan fingerprint density at radius 2 is 1.78 bits per heavy atom. The Hall–Kier alpha value is -3.49. The molecule has 1 fully saturated rings. The van der Waals surface area contributed by atoms with E-state index in [-0.39, 0.29) is 11.9 Å². The van der Waals surface area contributed by atoms with Crippen molar-refractivity contribution >= 4 is 11.6 Å². The van der Waals surface area contributed by atoms with Gasteiger partial charge < -0.3 is 19.4 Å². The van der Waals surface area contributed by atoms with Gasteiger partial charge in [0.2, 0.25) is 0 Å². The maximum Gasteiger partial charge on any atom is 0.321 e. The van der Waals surface area contributed by atoms with Gasteiger partial charge in [0, 0.05) is 51.2 Å². The van der Waals surface area contributed by atoms with Crippen molar-refractivity contribution in [2.24, 2.45) is 5.92 Å². The number of aryl methyl sites for hydroxylation is 1. The number of rotatable bonds is 8. The van der Waals surface area contributed by atoms with Gasteiger partial charge in [-0.15, -0.1) is 0 Å². The third-order valence-corrected chi connectivity index (χ3v) is 7.08. The first-order valence-electron chi connectivity index (χ1n) is 12.6. The molecular weight excluding hydrogens is 454 g/mol. The molecule has 0 unspecified atom stereocenters. The van der Waals surface area contributed by atoms with Crippen LogP contribution in [0, 0.1) is 12.8 Å². The van der Waals surface area contributed by atoms with E-state index in [0.717, 1.165) is 45.6 Å². The van der Waals surface area contributed by atoms with E-state index in [2.05, 4.69) is 45.1 Å². The zero-order valence-corrected chi connectivity index (χ0v) is 21.0. The van der Waals surface area contributed by atoms with Crippen LogP contribution in [0.1, 0.15) is 34.3 Å². The molecule has 36 heavy (non-hydrogen) atoms. The average Bonchev–Trinajstić information content (AvgIpc) is 3.26. The van der Waals surface area contributed by atoms with Crippen LogP contribution in [0.5, 0.6) is 11.8 Å². The van der Waals surface area contributed by atoms with E-state index in [1.807, 2.05) is 17.0 Å². The number of amides is 1. The first-order valence-corrected chi connectivity index (χ1v) is 12.6. The van der Waals surface area contributed by atoms with Crippen LogP contribution in [0.3, 0.4) is 0 Å². The number of hydrazine groups is 1. The summed E-state index contributed by atoms with van der Waals surface area (Å²) in [7, 11) is 1.75. The van der Waals surface area contributed by atoms with Gasteiger partial charge in [0.05, 0.1) is 18.8 Å². The number of ether oxygens (including phenoxy) is 2. The van der Waals surface area contributed by atoms with Crippen molar-refractivity contribution in [3.63, 3.8) is 0 Å². The topological polar surface area (TPSA) is 71.0 Å². The van der Waals surface area contributed by atoms with Crippen LogP contribution in [0.2, 0.25) is 0 Å². The van der Waals surface area contributed by atoms with Crippen molar-refractivity contribution in [2.45, 2.75) is 26.3 Å². The lowest BCUT2D eigenvalue weighted by atomic mass is 9.96. The Kier molecular flexibility index (Phi) is 7.44. The molecule has 1 saturated heterocycles. The van der Waals surface area contributed by atoms with Crippen molar-refractivity contribution in [1.82, 2.24) is 19.9 Å². The fourth-order valence-electron chi connectivity index (χ4n) is 5.07. The normalized spacial score (nSPS) is 16.3. The molecule has 8 heteroatoms. The van der Waals surface area contributed by atoms with Crippen molar-refractivity contribution in [2.75, 3.05) is 44.9 Å². The van der Waals surface area contributed by atoms with E-state index in [9.17, 15) is 4.79 Å². The molecule has 0 saturated carbocycles. The van der Waals surface area contributed by atoms with Gasteiger partial charge in [0.15, 0.2) is 0 Å². The van der Waals surface area contributed by atoms with Crippen molar-refractivity contribution in [3.8, 4) is 11.8 Å². The van der Waals surface area contributed by atoms with E-state index in [0.29, 0.717) is 23.8 Å². The number of aromatic nitrogens is 2. The summed E-state index contributed by atoms with van der Waals surface area (Å²) < 4.78 is 11.0. The zero-order chi connectivity index (χ0) is 24.9. The van der Waals surface area contributed by atoms with E-state index in [4.69, 9.17) is 9.47 Å². The number of likely N-dealkylation sites (tertiary alicyclic amines) is 1. The predicted octanol–water partition coefficient (Wildman–Crippen LogP) is 4.31. The summed E-state index contributed by atoms with van der Waals surface area (Å²) in [6, 6.07) is 15.8. The quantitative estimate of drug-likeness (QED) is 0.469. The molecule has 3 heterocycles. The highest BCUT2D eigenvalue weighted by Gasteiger charge is 2.31. The molecule has 0 radical (unpaired) electrons. The third-order valence-electron chi connectivity index (χ3n) is 7.08. The minimum Gasteiger partial charge on any atom is -0.424 e. The number of anilines is 1. The van der Waals surface area contributed by atoms with Gasteiger partial charge in [-0.3, -0.25) is 4.79 Å². The first-order chi connectivity index (χ1) is 17.6. The monoisotopic (exact) mass is 487 g/mol. The maximum absolute atomic E-state index is 13.1. The summed E-state index contributed by atoms with van der Waals surface area (Å²) in [6.07, 6.45) is 5.26. The number of benzene rings is 2. The molecule has 0 aliphatic carbocycles. The number of nitrogens with zero attached hydrogens (tertiary/aromatic N) is 5. The van der Waals surface area contributed by atoms with Crippen LogP contribution in [0.4, 0.5) is 5.69 Å². The molecule has 3 aromatic rings. The molecular formula is C28H33N5O3. The second-order valence-corrected chi connectivity index (χ2v) is 9.43. The molecule has 2 aliphatic rings. The average molecular weight is 488 g/mol. The molecule has 0 bridgehead atoms. The zero-order valence-electron chi connectivity index (χ0n) is 21.0. The largest absolute Gasteiger partial charge is 0.424 e. The Labute approximate surface area is 212 Å². The van der Waals surface area contributed by atoms with Gasteiger partial charge in [-0.2, -0.15) is 0 Å². The van der Waals surface area contributed by atoms with Crippen LogP contribution in [0.15, 0.2) is 60.9 Å². The van der Waals surface area contributed by atoms with Crippen LogP contribution < -0.4 is 9.75 Å². The minimum atomic E-state index is 0.0712. The van der Waals surface area contributed by atoms with E-state index < -0.39 is 0 Å². The number of piperidine rings is 1. The number of methoxy groups -OCH3 is 1. The van der Waals surface area contributed by atoms with Gasteiger partial charge in [-0.1, -0.05) is 12.1 Å². The van der Waals surface area contributed by atoms with Crippen LogP contribution >= 0.6 is 0 Å². The smallest absolute Gasteiger partial charge is 0.321 e. The molecule has 0 spiro atoms. The summed E-state index contributed by atoms with van der Waals surface area (Å²) >= 11 is 0. The molecule has 2 aromatic carbocycles. The van der Waals surface area contributed by atoms with Crippen LogP contribution in [-0.4, -0.2) is 65.7 Å². The summed E-state index contributed by atoms with van der Waals surface area (Å²) in [5, 5.41) is 4.85. The lowest BCUT2D eigenvalue weighted by Crippen LogP contribution is -2.45. The summed E-state index contributed by atoms with van der Waals surface area (Å²) in [5.74, 6) is 1.23. The highest BCUT2D eigenvalue weighted by Crippen LogP contribution is 2.35. The Morgan fingerprint density at radius 1 is 1.03 bits per heavy atom. The van der Waals surface area contributed by atoms with Crippen molar-refractivity contribution < 1.29 is 14.3 Å². The number of hydrogen-bond acceptors (Lipinski definition) is 7. The molecule has 1 amide bonds. The van der Waals surface area contributed by atoms with Crippen molar-refractivity contribution in [3.05, 3.63) is 77.6 Å². The molecule has 8 nitrogen and oxygen atoms in total. The Morgan fingerprint density at radius 3 is 2.50 bits per heavy atom. The highest BCUT2D eigenvalue weighted by atomic mass is 16.5. The van der Waals surface area contributed by atoms with Gasteiger partial charge in [0.25, 0.3) is 5.91 Å². The minimum absolute atomic E-state index is 0.0712. The first kappa shape index (κ1) is 24.2. The van der Waals surface area contributed by atoms with Gasteiger partial charge in [-0.05, 0) is 73.2 Å². The standard InChI is InChI=1S/C28H33N5O3/c1-21-5-3-6-26-25(21)20-32(33(26)17-18-35-2)19-22-11-15-31(16-12-22)27(34)23-7-9-24(10-8-23)36-28-29-13-4-14-30-28/h3-10,13-14,22H,11-12,15-20H2,1-2H3. The summed E-state index contributed by atoms with van der Waals surface area (Å²) in [4.78, 5) is 23.2. The second kappa shape index (κ2) is 11.1. The summed E-state index contributed by atoms with van der Waals surface area (Å²) in [6.45, 7) is 7.21. The fourth-order valence-corrected chi connectivity index (χ4v) is 5.07. The van der Waals surface area contributed by atoms with E-state index >= 15 is 0 Å². The predicted molar refractivity (Wildman–Crippen MR) is 138 cm³/mol. The molecule has 0 atom stereocenters. The number of hydrogen-bond donors (Lipinski definition) is 0. The molecule has 5 rings (SSSR count). The molecule has 0 N–H and O–H groups in total. The molecule has 188 valence electrons. The van der Waals surface area contributed by atoms with Crippen LogP contribution in [0.25, 0.3) is 0 Å². The summed E-state index contributed by atoms with van der Waals surface area (Å²) in [5.41, 5.74) is 4.72. The van der Waals surface area contributed by atoms with Crippen LogP contribution in [-0.2, 0) is 11.3 Å². The second-order valence-electron chi connectivity index (χ2n) is 9.43. The van der Waals surface area contributed by atoms with Crippen molar-refractivity contribution in [1.29, 1.82) is 0 Å². The fraction of sp³-hybridized carbons (Fsp3) is 0.393. The lowest BCUT2D eigenvalue weighted by molar-refractivity contribution is 0.0660.